The van der Waals surface area contributed by atoms with Crippen LogP contribution in [0.5, 0.6) is 0 Å². The van der Waals surface area contributed by atoms with E-state index >= 15 is 0 Å². The van der Waals surface area contributed by atoms with Crippen LogP contribution in [0.2, 0.25) is 0 Å². The van der Waals surface area contributed by atoms with Gasteiger partial charge in [-0.05, 0) is 31.4 Å². The van der Waals surface area contributed by atoms with Gasteiger partial charge in [-0.3, -0.25) is 4.79 Å². The Balaban J connectivity index is 2.67. The number of ether oxygens (including phenoxy) is 1. The highest BCUT2D eigenvalue weighted by molar-refractivity contribution is 5.94. The highest BCUT2D eigenvalue weighted by atomic mass is 16.6. The van der Waals surface area contributed by atoms with Gasteiger partial charge >= 0.3 is 0 Å². The van der Waals surface area contributed by atoms with Crippen LogP contribution in [0, 0.1) is 5.92 Å². The van der Waals surface area contributed by atoms with Gasteiger partial charge in [0.1, 0.15) is 6.10 Å². The minimum Gasteiger partial charge on any atom is -0.362 e. The number of hydrogen-bond donors (Lipinski definition) is 1. The van der Waals surface area contributed by atoms with Crippen LogP contribution in [-0.2, 0) is 9.53 Å². The predicted octanol–water partition coefficient (Wildman–Crippen LogP) is 1.27. The molecule has 13 heavy (non-hydrogen) atoms. The van der Waals surface area contributed by atoms with Crippen LogP contribution in [-0.4, -0.2) is 22.8 Å². The fourth-order valence-electron chi connectivity index (χ4n) is 1.32. The molecule has 0 saturated heterocycles. The zero-order chi connectivity index (χ0) is 10.1. The SMILES string of the molecule is CC(C)CC1OC(C)(O)C=CC1=O. The van der Waals surface area contributed by atoms with Crippen LogP contribution in [0.1, 0.15) is 27.2 Å². The van der Waals surface area contributed by atoms with E-state index in [9.17, 15) is 9.90 Å². The maximum atomic E-state index is 11.3. The first-order chi connectivity index (χ1) is 5.91. The van der Waals surface area contributed by atoms with Crippen molar-refractivity contribution in [3.8, 4) is 0 Å². The Kier molecular flexibility index (Phi) is 2.88. The zero-order valence-corrected chi connectivity index (χ0v) is 8.28. The third-order valence-corrected chi connectivity index (χ3v) is 1.94. The number of carbonyl (C=O) groups is 1. The molecule has 1 N–H and O–H groups in total. The third kappa shape index (κ3) is 2.94. The van der Waals surface area contributed by atoms with Crippen LogP contribution in [0.3, 0.4) is 0 Å². The smallest absolute Gasteiger partial charge is 0.184 e. The van der Waals surface area contributed by atoms with Crippen molar-refractivity contribution in [3.63, 3.8) is 0 Å². The Labute approximate surface area is 78.4 Å². The monoisotopic (exact) mass is 184 g/mol. The fraction of sp³-hybridized carbons (Fsp3) is 0.700. The Morgan fingerprint density at radius 3 is 2.85 bits per heavy atom. The van der Waals surface area contributed by atoms with Crippen molar-refractivity contribution in [3.05, 3.63) is 12.2 Å². The van der Waals surface area contributed by atoms with Crippen LogP contribution in [0.25, 0.3) is 0 Å². The normalized spacial score (nSPS) is 34.2. The number of rotatable bonds is 2. The molecule has 1 aliphatic heterocycles. The molecule has 1 rings (SSSR count). The van der Waals surface area contributed by atoms with Gasteiger partial charge in [0.15, 0.2) is 11.6 Å². The quantitative estimate of drug-likeness (QED) is 0.703. The molecule has 0 spiro atoms. The van der Waals surface area contributed by atoms with Gasteiger partial charge in [0.2, 0.25) is 0 Å². The Hall–Kier alpha value is -0.670. The summed E-state index contributed by atoms with van der Waals surface area (Å²) >= 11 is 0. The fourth-order valence-corrected chi connectivity index (χ4v) is 1.32. The van der Waals surface area contributed by atoms with Gasteiger partial charge in [-0.15, -0.1) is 0 Å². The van der Waals surface area contributed by atoms with Crippen molar-refractivity contribution in [2.24, 2.45) is 5.92 Å². The second-order valence-electron chi connectivity index (χ2n) is 4.03. The molecule has 2 atom stereocenters. The van der Waals surface area contributed by atoms with Gasteiger partial charge in [-0.25, -0.2) is 0 Å². The molecule has 0 aliphatic carbocycles. The van der Waals surface area contributed by atoms with E-state index < -0.39 is 11.9 Å². The molecule has 74 valence electrons. The average Bonchev–Trinajstić information content (AvgIpc) is 1.95. The van der Waals surface area contributed by atoms with Gasteiger partial charge in [-0.1, -0.05) is 13.8 Å². The Morgan fingerprint density at radius 1 is 1.69 bits per heavy atom. The standard InChI is InChI=1S/C10H16O3/c1-7(2)6-9-8(11)4-5-10(3,12)13-9/h4-5,7,9,12H,6H2,1-3H3. The first-order valence-electron chi connectivity index (χ1n) is 4.54. The van der Waals surface area contributed by atoms with Gasteiger partial charge in [-0.2, -0.15) is 0 Å². The average molecular weight is 184 g/mol. The van der Waals surface area contributed by atoms with E-state index in [1.807, 2.05) is 13.8 Å². The van der Waals surface area contributed by atoms with Crippen molar-refractivity contribution in [2.45, 2.75) is 39.1 Å². The van der Waals surface area contributed by atoms with Crippen molar-refractivity contribution in [1.29, 1.82) is 0 Å². The number of hydrogen-bond acceptors (Lipinski definition) is 3. The van der Waals surface area contributed by atoms with E-state index in [2.05, 4.69) is 0 Å². The zero-order valence-electron chi connectivity index (χ0n) is 8.28. The molecule has 0 aromatic rings. The maximum Gasteiger partial charge on any atom is 0.184 e. The van der Waals surface area contributed by atoms with Gasteiger partial charge in [0.25, 0.3) is 0 Å². The summed E-state index contributed by atoms with van der Waals surface area (Å²) in [5, 5.41) is 9.51. The molecule has 1 heterocycles. The molecule has 0 aromatic heterocycles. The first-order valence-corrected chi connectivity index (χ1v) is 4.54. The van der Waals surface area contributed by atoms with Crippen LogP contribution in [0.4, 0.5) is 0 Å². The molecular weight excluding hydrogens is 168 g/mol. The van der Waals surface area contributed by atoms with E-state index in [0.29, 0.717) is 12.3 Å². The Morgan fingerprint density at radius 2 is 2.31 bits per heavy atom. The van der Waals surface area contributed by atoms with Crippen molar-refractivity contribution >= 4 is 5.78 Å². The lowest BCUT2D eigenvalue weighted by molar-refractivity contribution is -0.195. The lowest BCUT2D eigenvalue weighted by Gasteiger charge is -2.29. The molecule has 2 unspecified atom stereocenters. The Bertz CT molecular complexity index is 228. The summed E-state index contributed by atoms with van der Waals surface area (Å²) in [4.78, 5) is 11.3. The van der Waals surface area contributed by atoms with Crippen molar-refractivity contribution in [1.82, 2.24) is 0 Å². The van der Waals surface area contributed by atoms with E-state index in [-0.39, 0.29) is 5.78 Å². The molecule has 0 fully saturated rings. The lowest BCUT2D eigenvalue weighted by atomic mass is 9.99. The molecular formula is C10H16O3. The second kappa shape index (κ2) is 3.60. The molecule has 3 nitrogen and oxygen atoms in total. The molecule has 0 radical (unpaired) electrons. The summed E-state index contributed by atoms with van der Waals surface area (Å²) in [5.74, 6) is -0.954. The van der Waals surface area contributed by atoms with Crippen molar-refractivity contribution < 1.29 is 14.6 Å². The molecule has 0 aromatic carbocycles. The summed E-state index contributed by atoms with van der Waals surface area (Å²) in [6.07, 6.45) is 2.95. The van der Waals surface area contributed by atoms with Crippen LogP contribution >= 0.6 is 0 Å². The minimum atomic E-state index is -1.28. The molecule has 0 amide bonds. The van der Waals surface area contributed by atoms with E-state index in [4.69, 9.17) is 4.74 Å². The molecule has 0 saturated carbocycles. The van der Waals surface area contributed by atoms with Gasteiger partial charge in [0, 0.05) is 0 Å². The number of aliphatic hydroxyl groups is 1. The van der Waals surface area contributed by atoms with Crippen LogP contribution < -0.4 is 0 Å². The third-order valence-electron chi connectivity index (χ3n) is 1.94. The first kappa shape index (κ1) is 10.4. The summed E-state index contributed by atoms with van der Waals surface area (Å²) in [6, 6.07) is 0. The lowest BCUT2D eigenvalue weighted by Crippen LogP contribution is -2.40. The number of carbonyl (C=O) groups excluding carboxylic acids is 1. The largest absolute Gasteiger partial charge is 0.362 e. The minimum absolute atomic E-state index is 0.0553. The molecule has 0 bridgehead atoms. The second-order valence-corrected chi connectivity index (χ2v) is 4.03. The van der Waals surface area contributed by atoms with Crippen molar-refractivity contribution in [2.75, 3.05) is 0 Å². The van der Waals surface area contributed by atoms with Crippen LogP contribution in [0.15, 0.2) is 12.2 Å². The molecule has 1 aliphatic rings. The highest BCUT2D eigenvalue weighted by Gasteiger charge is 2.31. The van der Waals surface area contributed by atoms with Gasteiger partial charge in [0.05, 0.1) is 0 Å². The van der Waals surface area contributed by atoms with Gasteiger partial charge < -0.3 is 9.84 Å². The van der Waals surface area contributed by atoms with E-state index in [1.54, 1.807) is 0 Å². The molecule has 3 heteroatoms. The van der Waals surface area contributed by atoms with E-state index in [1.165, 1.54) is 19.1 Å². The summed E-state index contributed by atoms with van der Waals surface area (Å²) in [5.41, 5.74) is 0. The predicted molar refractivity (Wildman–Crippen MR) is 49.1 cm³/mol. The summed E-state index contributed by atoms with van der Waals surface area (Å²) in [7, 11) is 0. The highest BCUT2D eigenvalue weighted by Crippen LogP contribution is 2.21. The number of ketones is 1. The topological polar surface area (TPSA) is 46.5 Å². The maximum absolute atomic E-state index is 11.3. The van der Waals surface area contributed by atoms with E-state index in [0.717, 1.165) is 0 Å². The summed E-state index contributed by atoms with van der Waals surface area (Å²) < 4.78 is 5.22. The summed E-state index contributed by atoms with van der Waals surface area (Å²) in [6.45, 7) is 5.57.